The fraction of sp³-hybridized carbons (Fsp3) is 1.00. The third-order valence-corrected chi connectivity index (χ3v) is 2.77. The van der Waals surface area contributed by atoms with Gasteiger partial charge in [0.05, 0.1) is 0 Å². The van der Waals surface area contributed by atoms with Crippen LogP contribution in [0, 0.1) is 0 Å². The second kappa shape index (κ2) is 2.90. The van der Waals surface area contributed by atoms with Gasteiger partial charge in [0.1, 0.15) is 0 Å². The van der Waals surface area contributed by atoms with Gasteiger partial charge in [-0.3, -0.25) is 0 Å². The first-order valence-corrected chi connectivity index (χ1v) is 4.58. The van der Waals surface area contributed by atoms with Crippen LogP contribution >= 0.6 is 8.17 Å². The molecule has 0 radical (unpaired) electrons. The second-order valence-corrected chi connectivity index (χ2v) is 3.57. The van der Waals surface area contributed by atoms with Crippen molar-refractivity contribution in [2.45, 2.75) is 6.92 Å². The van der Waals surface area contributed by atoms with E-state index in [1.807, 2.05) is 0 Å². The minimum atomic E-state index is -3.09. The molecule has 1 rings (SSSR count). The summed E-state index contributed by atoms with van der Waals surface area (Å²) in [6.07, 6.45) is 0. The number of rotatable bonds is 2. The standard InChI is InChI=1S/C4H11O4P/c1-2-6-9(5)7-3-4-8-9/h5,9H,2-4H2,1H3. The van der Waals surface area contributed by atoms with Crippen LogP contribution in [0.5, 0.6) is 0 Å². The third-order valence-electron chi connectivity index (χ3n) is 0.979. The van der Waals surface area contributed by atoms with Gasteiger partial charge in [0.15, 0.2) is 0 Å². The van der Waals surface area contributed by atoms with Crippen LogP contribution in [0.1, 0.15) is 6.92 Å². The van der Waals surface area contributed by atoms with E-state index in [1.54, 1.807) is 6.92 Å². The Balaban J connectivity index is 2.32. The van der Waals surface area contributed by atoms with Gasteiger partial charge >= 0.3 is 53.4 Å². The molecule has 0 bridgehead atoms. The molecule has 1 aliphatic heterocycles. The predicted octanol–water partition coefficient (Wildman–Crippen LogP) is 0.472. The molecule has 1 heterocycles. The van der Waals surface area contributed by atoms with Gasteiger partial charge in [-0.05, 0) is 0 Å². The van der Waals surface area contributed by atoms with E-state index in [9.17, 15) is 0 Å². The van der Waals surface area contributed by atoms with Gasteiger partial charge in [0.25, 0.3) is 0 Å². The van der Waals surface area contributed by atoms with Gasteiger partial charge < -0.3 is 0 Å². The van der Waals surface area contributed by atoms with Crippen LogP contribution in [0.15, 0.2) is 0 Å². The van der Waals surface area contributed by atoms with Crippen molar-refractivity contribution in [2.75, 3.05) is 19.8 Å². The van der Waals surface area contributed by atoms with E-state index in [1.165, 1.54) is 0 Å². The SMILES string of the molecule is CCO[PH]1(O)OCCO1. The van der Waals surface area contributed by atoms with Crippen LogP contribution in [0.2, 0.25) is 0 Å². The Morgan fingerprint density at radius 1 is 1.56 bits per heavy atom. The molecular formula is C4H11O4P. The average molecular weight is 154 g/mol. The van der Waals surface area contributed by atoms with E-state index < -0.39 is 8.17 Å². The summed E-state index contributed by atoms with van der Waals surface area (Å²) in [6, 6.07) is 0. The molecular weight excluding hydrogens is 143 g/mol. The summed E-state index contributed by atoms with van der Waals surface area (Å²) >= 11 is 0. The zero-order chi connectivity index (χ0) is 6.74. The van der Waals surface area contributed by atoms with Gasteiger partial charge in [-0.15, -0.1) is 0 Å². The van der Waals surface area contributed by atoms with E-state index >= 15 is 0 Å². The Bertz CT molecular complexity index is 90.6. The fourth-order valence-corrected chi connectivity index (χ4v) is 1.95. The number of hydrogen-bond donors (Lipinski definition) is 1. The zero-order valence-electron chi connectivity index (χ0n) is 5.29. The van der Waals surface area contributed by atoms with Gasteiger partial charge in [0, 0.05) is 0 Å². The van der Waals surface area contributed by atoms with Crippen LogP contribution in [0.4, 0.5) is 0 Å². The minimum absolute atomic E-state index is 0.433. The summed E-state index contributed by atoms with van der Waals surface area (Å²) in [6.45, 7) is 3.12. The summed E-state index contributed by atoms with van der Waals surface area (Å²) < 4.78 is 14.5. The first kappa shape index (κ1) is 7.38. The van der Waals surface area contributed by atoms with Gasteiger partial charge in [-0.2, -0.15) is 0 Å². The normalized spacial score (nSPS) is 28.2. The van der Waals surface area contributed by atoms with Crippen LogP contribution in [-0.2, 0) is 13.6 Å². The van der Waals surface area contributed by atoms with Crippen LogP contribution in [0.25, 0.3) is 0 Å². The molecule has 0 aromatic rings. The summed E-state index contributed by atoms with van der Waals surface area (Å²) in [7, 11) is -3.09. The summed E-state index contributed by atoms with van der Waals surface area (Å²) in [5.74, 6) is 0. The summed E-state index contributed by atoms with van der Waals surface area (Å²) in [4.78, 5) is 9.16. The Morgan fingerprint density at radius 2 is 2.11 bits per heavy atom. The second-order valence-electron chi connectivity index (χ2n) is 1.65. The molecule has 0 amide bonds. The topological polar surface area (TPSA) is 47.9 Å². The monoisotopic (exact) mass is 154 g/mol. The maximum atomic E-state index is 9.16. The first-order chi connectivity index (χ1) is 4.27. The molecule has 1 N–H and O–H groups in total. The Hall–Kier alpha value is 0.270. The Labute approximate surface area is 54.4 Å². The average Bonchev–Trinajstić information content (AvgIpc) is 2.16. The van der Waals surface area contributed by atoms with Crippen molar-refractivity contribution < 1.29 is 18.5 Å². The molecule has 5 heteroatoms. The Kier molecular flexibility index (Phi) is 2.38. The van der Waals surface area contributed by atoms with Gasteiger partial charge in [-0.25, -0.2) is 0 Å². The third kappa shape index (κ3) is 1.85. The molecule has 0 spiro atoms. The van der Waals surface area contributed by atoms with Crippen molar-refractivity contribution >= 4 is 8.17 Å². The van der Waals surface area contributed by atoms with Crippen molar-refractivity contribution in [3.8, 4) is 0 Å². The molecule has 1 aliphatic rings. The van der Waals surface area contributed by atoms with E-state index in [0.29, 0.717) is 19.8 Å². The summed E-state index contributed by atoms with van der Waals surface area (Å²) in [5.41, 5.74) is 0. The van der Waals surface area contributed by atoms with Gasteiger partial charge in [-0.1, -0.05) is 0 Å². The maximum absolute atomic E-state index is 9.16. The van der Waals surface area contributed by atoms with Gasteiger partial charge in [0.2, 0.25) is 0 Å². The molecule has 0 unspecified atom stereocenters. The molecule has 0 aromatic carbocycles. The molecule has 0 atom stereocenters. The molecule has 0 aliphatic carbocycles. The molecule has 1 fully saturated rings. The quantitative estimate of drug-likeness (QED) is 0.587. The van der Waals surface area contributed by atoms with E-state index in [-0.39, 0.29) is 0 Å². The van der Waals surface area contributed by atoms with Crippen molar-refractivity contribution in [3.05, 3.63) is 0 Å². The van der Waals surface area contributed by atoms with Crippen LogP contribution in [0.3, 0.4) is 0 Å². The number of hydrogen-bond acceptors (Lipinski definition) is 4. The molecule has 4 nitrogen and oxygen atoms in total. The van der Waals surface area contributed by atoms with E-state index in [0.717, 1.165) is 0 Å². The molecule has 9 heavy (non-hydrogen) atoms. The first-order valence-electron chi connectivity index (χ1n) is 2.91. The predicted molar refractivity (Wildman–Crippen MR) is 34.1 cm³/mol. The van der Waals surface area contributed by atoms with Crippen molar-refractivity contribution in [3.63, 3.8) is 0 Å². The van der Waals surface area contributed by atoms with E-state index in [2.05, 4.69) is 0 Å². The molecule has 56 valence electrons. The fourth-order valence-electron chi connectivity index (χ4n) is 0.649. The van der Waals surface area contributed by atoms with Crippen molar-refractivity contribution in [1.82, 2.24) is 0 Å². The van der Waals surface area contributed by atoms with E-state index in [4.69, 9.17) is 18.5 Å². The van der Waals surface area contributed by atoms with Crippen LogP contribution < -0.4 is 0 Å². The molecule has 0 saturated carbocycles. The van der Waals surface area contributed by atoms with Crippen LogP contribution in [-0.4, -0.2) is 24.7 Å². The summed E-state index contributed by atoms with van der Waals surface area (Å²) in [5, 5.41) is 0. The Morgan fingerprint density at radius 3 is 2.56 bits per heavy atom. The zero-order valence-corrected chi connectivity index (χ0v) is 6.29. The molecule has 0 aromatic heterocycles. The molecule has 1 saturated heterocycles. The van der Waals surface area contributed by atoms with Crippen molar-refractivity contribution in [2.24, 2.45) is 0 Å². The van der Waals surface area contributed by atoms with Crippen molar-refractivity contribution in [1.29, 1.82) is 0 Å².